The molecule has 1 saturated heterocycles. The maximum absolute atomic E-state index is 12.6. The van der Waals surface area contributed by atoms with Crippen molar-refractivity contribution in [3.8, 4) is 11.5 Å². The number of piperidine rings is 1. The largest absolute Gasteiger partial charge is 0.497 e. The van der Waals surface area contributed by atoms with E-state index in [0.717, 1.165) is 42.9 Å². The van der Waals surface area contributed by atoms with E-state index in [4.69, 9.17) is 15.2 Å². The molecule has 2 atom stereocenters. The van der Waals surface area contributed by atoms with Crippen LogP contribution >= 0.6 is 12.4 Å². The number of carbonyl (C=O) groups excluding carboxylic acids is 1. The molecule has 1 aliphatic heterocycles. The van der Waals surface area contributed by atoms with Crippen LogP contribution in [0.3, 0.4) is 0 Å². The Morgan fingerprint density at radius 1 is 1.25 bits per heavy atom. The van der Waals surface area contributed by atoms with Gasteiger partial charge >= 0.3 is 0 Å². The monoisotopic (exact) mass is 356 g/mol. The predicted octanol–water partition coefficient (Wildman–Crippen LogP) is 2.79. The lowest BCUT2D eigenvalue weighted by molar-refractivity contribution is -0.135. The highest BCUT2D eigenvalue weighted by Crippen LogP contribution is 2.24. The van der Waals surface area contributed by atoms with Crippen LogP contribution in [0.25, 0.3) is 0 Å². The maximum Gasteiger partial charge on any atom is 0.223 e. The molecule has 0 aliphatic carbocycles. The standard InChI is InChI=1S/C18H28N2O3.ClH/c1-13(19)17-6-4-5-9-20(17)18(21)8-7-14-10-15(22-2)12-16(11-14)23-3;/h10-13,17H,4-9,19H2,1-3H3;1H. The molecule has 2 unspecified atom stereocenters. The second-order valence-corrected chi connectivity index (χ2v) is 6.23. The average molecular weight is 357 g/mol. The van der Waals surface area contributed by atoms with Gasteiger partial charge in [0, 0.05) is 31.1 Å². The Labute approximate surface area is 150 Å². The number of benzene rings is 1. The SMILES string of the molecule is COc1cc(CCC(=O)N2CCCCC2C(C)N)cc(OC)c1.Cl. The number of hydrogen-bond acceptors (Lipinski definition) is 4. The van der Waals surface area contributed by atoms with E-state index < -0.39 is 0 Å². The van der Waals surface area contributed by atoms with Gasteiger partial charge in [0.15, 0.2) is 0 Å². The highest BCUT2D eigenvalue weighted by atomic mass is 35.5. The van der Waals surface area contributed by atoms with Crippen LogP contribution in [0.15, 0.2) is 18.2 Å². The van der Waals surface area contributed by atoms with Crippen molar-refractivity contribution >= 4 is 18.3 Å². The van der Waals surface area contributed by atoms with E-state index in [1.54, 1.807) is 14.2 Å². The van der Waals surface area contributed by atoms with Gasteiger partial charge in [-0.1, -0.05) is 0 Å². The molecule has 0 bridgehead atoms. The van der Waals surface area contributed by atoms with Crippen LogP contribution in [0.4, 0.5) is 0 Å². The van der Waals surface area contributed by atoms with E-state index in [0.29, 0.717) is 12.8 Å². The van der Waals surface area contributed by atoms with Crippen molar-refractivity contribution in [1.29, 1.82) is 0 Å². The Kier molecular flexibility index (Phi) is 8.36. The highest BCUT2D eigenvalue weighted by molar-refractivity contribution is 5.85. The van der Waals surface area contributed by atoms with Crippen molar-refractivity contribution in [3.63, 3.8) is 0 Å². The van der Waals surface area contributed by atoms with Crippen molar-refractivity contribution in [2.45, 2.75) is 51.1 Å². The Balaban J connectivity index is 0.00000288. The van der Waals surface area contributed by atoms with Crippen LogP contribution < -0.4 is 15.2 Å². The van der Waals surface area contributed by atoms with Crippen molar-refractivity contribution in [2.24, 2.45) is 5.73 Å². The molecule has 0 radical (unpaired) electrons. The first kappa shape index (κ1) is 20.6. The molecular weight excluding hydrogens is 328 g/mol. The fraction of sp³-hybridized carbons (Fsp3) is 0.611. The molecule has 0 spiro atoms. The molecule has 5 nitrogen and oxygen atoms in total. The second-order valence-electron chi connectivity index (χ2n) is 6.23. The first-order chi connectivity index (χ1) is 11.0. The lowest BCUT2D eigenvalue weighted by Crippen LogP contribution is -2.51. The minimum Gasteiger partial charge on any atom is -0.497 e. The molecule has 136 valence electrons. The summed E-state index contributed by atoms with van der Waals surface area (Å²) < 4.78 is 10.6. The van der Waals surface area contributed by atoms with Crippen LogP contribution in [0.1, 0.15) is 38.2 Å². The summed E-state index contributed by atoms with van der Waals surface area (Å²) >= 11 is 0. The van der Waals surface area contributed by atoms with Crippen LogP contribution in [0.2, 0.25) is 0 Å². The average Bonchev–Trinajstić information content (AvgIpc) is 2.59. The lowest BCUT2D eigenvalue weighted by atomic mass is 9.96. The third-order valence-corrected chi connectivity index (χ3v) is 4.52. The van der Waals surface area contributed by atoms with Crippen LogP contribution in [-0.2, 0) is 11.2 Å². The van der Waals surface area contributed by atoms with Gasteiger partial charge in [-0.05, 0) is 50.3 Å². The lowest BCUT2D eigenvalue weighted by Gasteiger charge is -2.38. The maximum atomic E-state index is 12.6. The Morgan fingerprint density at radius 3 is 2.42 bits per heavy atom. The summed E-state index contributed by atoms with van der Waals surface area (Å²) in [5, 5.41) is 0. The molecule has 1 aromatic carbocycles. The summed E-state index contributed by atoms with van der Waals surface area (Å²) in [5.74, 6) is 1.69. The molecule has 1 fully saturated rings. The zero-order valence-corrected chi connectivity index (χ0v) is 15.6. The van der Waals surface area contributed by atoms with Gasteiger partial charge in [-0.15, -0.1) is 12.4 Å². The Morgan fingerprint density at radius 2 is 1.88 bits per heavy atom. The fourth-order valence-electron chi connectivity index (χ4n) is 3.22. The summed E-state index contributed by atoms with van der Waals surface area (Å²) in [4.78, 5) is 14.6. The number of aryl methyl sites for hydroxylation is 1. The van der Waals surface area contributed by atoms with Crippen LogP contribution in [-0.4, -0.2) is 43.7 Å². The van der Waals surface area contributed by atoms with Gasteiger partial charge in [-0.2, -0.15) is 0 Å². The summed E-state index contributed by atoms with van der Waals surface area (Å²) in [7, 11) is 3.26. The number of likely N-dealkylation sites (tertiary alicyclic amines) is 1. The van der Waals surface area contributed by atoms with Gasteiger partial charge in [0.2, 0.25) is 5.91 Å². The van der Waals surface area contributed by atoms with Crippen LogP contribution in [0.5, 0.6) is 11.5 Å². The molecule has 1 heterocycles. The van der Waals surface area contributed by atoms with Gasteiger partial charge < -0.3 is 20.1 Å². The van der Waals surface area contributed by atoms with E-state index in [2.05, 4.69) is 0 Å². The number of carbonyl (C=O) groups is 1. The van der Waals surface area contributed by atoms with Gasteiger partial charge in [0.1, 0.15) is 11.5 Å². The van der Waals surface area contributed by atoms with Gasteiger partial charge in [-0.3, -0.25) is 4.79 Å². The van der Waals surface area contributed by atoms with Gasteiger partial charge in [-0.25, -0.2) is 0 Å². The number of nitrogens with zero attached hydrogens (tertiary/aromatic N) is 1. The second kappa shape index (κ2) is 9.74. The molecule has 24 heavy (non-hydrogen) atoms. The van der Waals surface area contributed by atoms with Crippen LogP contribution in [0, 0.1) is 0 Å². The quantitative estimate of drug-likeness (QED) is 0.851. The zero-order chi connectivity index (χ0) is 16.8. The van der Waals surface area contributed by atoms with Crippen molar-refractivity contribution in [1.82, 2.24) is 4.90 Å². The molecule has 1 amide bonds. The topological polar surface area (TPSA) is 64.8 Å². The highest BCUT2D eigenvalue weighted by Gasteiger charge is 2.28. The normalized spacial score (nSPS) is 18.5. The molecule has 1 aliphatic rings. The third kappa shape index (κ3) is 5.28. The number of methoxy groups -OCH3 is 2. The minimum atomic E-state index is 0. The fourth-order valence-corrected chi connectivity index (χ4v) is 3.22. The van der Waals surface area contributed by atoms with E-state index in [1.165, 1.54) is 0 Å². The first-order valence-corrected chi connectivity index (χ1v) is 8.32. The first-order valence-electron chi connectivity index (χ1n) is 8.32. The number of hydrogen-bond donors (Lipinski definition) is 1. The number of halogens is 1. The molecular formula is C18H29ClN2O3. The van der Waals surface area contributed by atoms with E-state index >= 15 is 0 Å². The smallest absolute Gasteiger partial charge is 0.223 e. The van der Waals surface area contributed by atoms with E-state index in [9.17, 15) is 4.79 Å². The minimum absolute atomic E-state index is 0. The van der Waals surface area contributed by atoms with Crippen molar-refractivity contribution in [2.75, 3.05) is 20.8 Å². The number of amides is 1. The van der Waals surface area contributed by atoms with E-state index in [1.807, 2.05) is 30.0 Å². The van der Waals surface area contributed by atoms with Crippen molar-refractivity contribution < 1.29 is 14.3 Å². The Bertz CT molecular complexity index is 515. The predicted molar refractivity (Wildman–Crippen MR) is 98.1 cm³/mol. The van der Waals surface area contributed by atoms with Crippen molar-refractivity contribution in [3.05, 3.63) is 23.8 Å². The number of nitrogens with two attached hydrogens (primary N) is 1. The summed E-state index contributed by atoms with van der Waals surface area (Å²) in [6.45, 7) is 2.82. The van der Waals surface area contributed by atoms with E-state index in [-0.39, 0.29) is 30.4 Å². The van der Waals surface area contributed by atoms with Gasteiger partial charge in [0.05, 0.1) is 14.2 Å². The van der Waals surface area contributed by atoms with Gasteiger partial charge in [0.25, 0.3) is 0 Å². The number of rotatable bonds is 6. The molecule has 1 aromatic rings. The zero-order valence-electron chi connectivity index (χ0n) is 14.8. The summed E-state index contributed by atoms with van der Waals surface area (Å²) in [6, 6.07) is 5.94. The molecule has 2 N–H and O–H groups in total. The summed E-state index contributed by atoms with van der Waals surface area (Å²) in [5.41, 5.74) is 7.10. The number of ether oxygens (including phenoxy) is 2. The molecule has 2 rings (SSSR count). The Hall–Kier alpha value is -1.46. The third-order valence-electron chi connectivity index (χ3n) is 4.52. The molecule has 6 heteroatoms. The summed E-state index contributed by atoms with van der Waals surface area (Å²) in [6.07, 6.45) is 4.40. The molecule has 0 aromatic heterocycles. The molecule has 0 saturated carbocycles.